The normalized spacial score (nSPS) is 11.4. The maximum Gasteiger partial charge on any atom is 0.197 e. The molecule has 0 saturated heterocycles. The van der Waals surface area contributed by atoms with Gasteiger partial charge in [-0.15, -0.1) is 0 Å². The van der Waals surface area contributed by atoms with E-state index in [0.717, 1.165) is 0 Å². The maximum atomic E-state index is 13.9. The number of ketones is 1. The van der Waals surface area contributed by atoms with Crippen LogP contribution in [0.1, 0.15) is 37.0 Å². The Kier molecular flexibility index (Phi) is 4.23. The number of hydrogen-bond acceptors (Lipinski definition) is 3. The molecule has 0 aliphatic rings. The molecular formula is C13H17FO3. The zero-order valence-electron chi connectivity index (χ0n) is 10.3. The van der Waals surface area contributed by atoms with E-state index in [9.17, 15) is 14.3 Å². The Balaban J connectivity index is 3.21. The molecule has 3 nitrogen and oxygen atoms in total. The van der Waals surface area contributed by atoms with Crippen LogP contribution in [0, 0.1) is 5.82 Å². The van der Waals surface area contributed by atoms with Gasteiger partial charge in [0.1, 0.15) is 5.60 Å². The Morgan fingerprint density at radius 3 is 2.47 bits per heavy atom. The Bertz CT molecular complexity index is 411. The van der Waals surface area contributed by atoms with Crippen LogP contribution in [0.5, 0.6) is 5.75 Å². The third-order valence-electron chi connectivity index (χ3n) is 3.02. The molecule has 0 amide bonds. The van der Waals surface area contributed by atoms with Crippen molar-refractivity contribution in [2.75, 3.05) is 7.11 Å². The molecular weight excluding hydrogens is 223 g/mol. The summed E-state index contributed by atoms with van der Waals surface area (Å²) in [6.45, 7) is 3.39. The monoisotopic (exact) mass is 240 g/mol. The standard InChI is InChI=1S/C13H17FO3/c1-4-13(16,5-2)12(15)9-7-6-8-10(17-3)11(9)14/h6-8,16H,4-5H2,1-3H3. The summed E-state index contributed by atoms with van der Waals surface area (Å²) < 4.78 is 18.7. The highest BCUT2D eigenvalue weighted by Gasteiger charge is 2.34. The third-order valence-corrected chi connectivity index (χ3v) is 3.02. The summed E-state index contributed by atoms with van der Waals surface area (Å²) >= 11 is 0. The predicted octanol–water partition coefficient (Wildman–Crippen LogP) is 2.57. The van der Waals surface area contributed by atoms with E-state index in [-0.39, 0.29) is 24.2 Å². The first-order chi connectivity index (χ1) is 8.00. The molecule has 0 radical (unpaired) electrons. The number of carbonyl (C=O) groups is 1. The highest BCUT2D eigenvalue weighted by atomic mass is 19.1. The molecule has 1 N–H and O–H groups in total. The number of hydrogen-bond donors (Lipinski definition) is 1. The molecule has 0 fully saturated rings. The quantitative estimate of drug-likeness (QED) is 0.804. The number of aliphatic hydroxyl groups is 1. The largest absolute Gasteiger partial charge is 0.494 e. The molecule has 0 aromatic heterocycles. The summed E-state index contributed by atoms with van der Waals surface area (Å²) in [7, 11) is 1.33. The van der Waals surface area contributed by atoms with E-state index in [2.05, 4.69) is 0 Å². The minimum atomic E-state index is -1.51. The van der Waals surface area contributed by atoms with E-state index in [1.165, 1.54) is 25.3 Å². The summed E-state index contributed by atoms with van der Waals surface area (Å²) in [5.74, 6) is -1.32. The van der Waals surface area contributed by atoms with Gasteiger partial charge in [-0.3, -0.25) is 4.79 Å². The molecule has 17 heavy (non-hydrogen) atoms. The van der Waals surface area contributed by atoms with Crippen molar-refractivity contribution in [3.63, 3.8) is 0 Å². The number of carbonyl (C=O) groups excluding carboxylic acids is 1. The van der Waals surface area contributed by atoms with Crippen molar-refractivity contribution in [2.45, 2.75) is 32.3 Å². The molecule has 94 valence electrons. The summed E-state index contributed by atoms with van der Waals surface area (Å²) in [6, 6.07) is 4.32. The van der Waals surface area contributed by atoms with Crippen LogP contribution in [-0.4, -0.2) is 23.6 Å². The van der Waals surface area contributed by atoms with Gasteiger partial charge in [0.15, 0.2) is 17.3 Å². The average Bonchev–Trinajstić information content (AvgIpc) is 2.37. The molecule has 1 aromatic carbocycles. The fourth-order valence-electron chi connectivity index (χ4n) is 1.67. The van der Waals surface area contributed by atoms with Crippen molar-refractivity contribution in [1.29, 1.82) is 0 Å². The van der Waals surface area contributed by atoms with Crippen LogP contribution in [-0.2, 0) is 0 Å². The lowest BCUT2D eigenvalue weighted by Gasteiger charge is -2.23. The Morgan fingerprint density at radius 1 is 1.41 bits per heavy atom. The van der Waals surface area contributed by atoms with Gasteiger partial charge in [0.05, 0.1) is 12.7 Å². The molecule has 0 bridgehead atoms. The van der Waals surface area contributed by atoms with Gasteiger partial charge in [-0.05, 0) is 25.0 Å². The molecule has 0 saturated carbocycles. The number of Topliss-reactive ketones (excluding diaryl/α,β-unsaturated/α-hetero) is 1. The lowest BCUT2D eigenvalue weighted by atomic mass is 9.88. The molecule has 0 aliphatic heterocycles. The SMILES string of the molecule is CCC(O)(CC)C(=O)c1cccc(OC)c1F. The number of benzene rings is 1. The van der Waals surface area contributed by atoms with E-state index < -0.39 is 17.2 Å². The highest BCUT2D eigenvalue weighted by Crippen LogP contribution is 2.26. The second kappa shape index (κ2) is 5.27. The average molecular weight is 240 g/mol. The van der Waals surface area contributed by atoms with Crippen LogP contribution in [0.2, 0.25) is 0 Å². The third kappa shape index (κ3) is 2.47. The van der Waals surface area contributed by atoms with Gasteiger partial charge in [0, 0.05) is 0 Å². The second-order valence-corrected chi connectivity index (χ2v) is 3.89. The molecule has 1 rings (SSSR count). The van der Waals surface area contributed by atoms with Gasteiger partial charge < -0.3 is 9.84 Å². The fourth-order valence-corrected chi connectivity index (χ4v) is 1.67. The summed E-state index contributed by atoms with van der Waals surface area (Å²) in [5, 5.41) is 10.1. The Morgan fingerprint density at radius 2 is 2.00 bits per heavy atom. The molecule has 0 spiro atoms. The van der Waals surface area contributed by atoms with E-state index in [1.54, 1.807) is 13.8 Å². The fraction of sp³-hybridized carbons (Fsp3) is 0.462. The van der Waals surface area contributed by atoms with E-state index in [4.69, 9.17) is 4.74 Å². The first-order valence-corrected chi connectivity index (χ1v) is 5.59. The van der Waals surface area contributed by atoms with E-state index in [0.29, 0.717) is 0 Å². The van der Waals surface area contributed by atoms with Crippen molar-refractivity contribution in [2.24, 2.45) is 0 Å². The zero-order chi connectivity index (χ0) is 13.1. The lowest BCUT2D eigenvalue weighted by molar-refractivity contribution is 0.0273. The minimum absolute atomic E-state index is 0.00501. The summed E-state index contributed by atoms with van der Waals surface area (Å²) in [6.07, 6.45) is 0.498. The smallest absolute Gasteiger partial charge is 0.197 e. The van der Waals surface area contributed by atoms with Gasteiger partial charge in [0.2, 0.25) is 0 Å². The molecule has 0 unspecified atom stereocenters. The number of methoxy groups -OCH3 is 1. The number of rotatable bonds is 5. The topological polar surface area (TPSA) is 46.5 Å². The summed E-state index contributed by atoms with van der Waals surface area (Å²) in [4.78, 5) is 12.1. The molecule has 1 aromatic rings. The van der Waals surface area contributed by atoms with Gasteiger partial charge in [0.25, 0.3) is 0 Å². The van der Waals surface area contributed by atoms with Crippen LogP contribution < -0.4 is 4.74 Å². The highest BCUT2D eigenvalue weighted by molar-refractivity contribution is 6.02. The van der Waals surface area contributed by atoms with Crippen LogP contribution in [0.3, 0.4) is 0 Å². The Hall–Kier alpha value is -1.42. The van der Waals surface area contributed by atoms with E-state index >= 15 is 0 Å². The first kappa shape index (κ1) is 13.6. The lowest BCUT2D eigenvalue weighted by Crippen LogP contribution is -2.37. The van der Waals surface area contributed by atoms with Gasteiger partial charge in [-0.25, -0.2) is 4.39 Å². The van der Waals surface area contributed by atoms with Gasteiger partial charge in [-0.1, -0.05) is 19.9 Å². The van der Waals surface area contributed by atoms with Crippen molar-refractivity contribution < 1.29 is 19.0 Å². The number of ether oxygens (including phenoxy) is 1. The zero-order valence-corrected chi connectivity index (χ0v) is 10.3. The molecule has 0 heterocycles. The first-order valence-electron chi connectivity index (χ1n) is 5.59. The van der Waals surface area contributed by atoms with E-state index in [1.807, 2.05) is 0 Å². The molecule has 0 atom stereocenters. The van der Waals surface area contributed by atoms with Crippen LogP contribution in [0.15, 0.2) is 18.2 Å². The van der Waals surface area contributed by atoms with Gasteiger partial charge in [-0.2, -0.15) is 0 Å². The van der Waals surface area contributed by atoms with Gasteiger partial charge >= 0.3 is 0 Å². The van der Waals surface area contributed by atoms with Crippen molar-refractivity contribution in [3.05, 3.63) is 29.6 Å². The Labute approximate surface area is 100 Å². The van der Waals surface area contributed by atoms with Crippen molar-refractivity contribution >= 4 is 5.78 Å². The van der Waals surface area contributed by atoms with Crippen LogP contribution in [0.4, 0.5) is 4.39 Å². The maximum absolute atomic E-state index is 13.9. The minimum Gasteiger partial charge on any atom is -0.494 e. The van der Waals surface area contributed by atoms with Crippen molar-refractivity contribution in [1.82, 2.24) is 0 Å². The van der Waals surface area contributed by atoms with Crippen LogP contribution >= 0.6 is 0 Å². The molecule has 0 aliphatic carbocycles. The van der Waals surface area contributed by atoms with Crippen LogP contribution in [0.25, 0.3) is 0 Å². The molecule has 4 heteroatoms. The predicted molar refractivity (Wildman–Crippen MR) is 62.8 cm³/mol. The second-order valence-electron chi connectivity index (χ2n) is 3.89. The van der Waals surface area contributed by atoms with Crippen molar-refractivity contribution in [3.8, 4) is 5.75 Å². The number of halogens is 1. The summed E-state index contributed by atoms with van der Waals surface area (Å²) in [5.41, 5.74) is -1.64.